The van der Waals surface area contributed by atoms with Gasteiger partial charge in [0.1, 0.15) is 12.6 Å². The van der Waals surface area contributed by atoms with E-state index in [1.807, 2.05) is 21.1 Å². The molecule has 0 aromatic rings. The van der Waals surface area contributed by atoms with Crippen LogP contribution in [0.1, 0.15) is 0 Å². The number of hydrogen-bond acceptors (Lipinski definition) is 4. The van der Waals surface area contributed by atoms with Gasteiger partial charge in [-0.2, -0.15) is 0 Å². The fraction of sp³-hybridized carbons (Fsp3) is 1.00. The molecule has 0 radical (unpaired) electrons. The van der Waals surface area contributed by atoms with E-state index in [1.165, 1.54) is 0 Å². The molecule has 0 aromatic heterocycles. The number of aliphatic hydroxyl groups is 2. The van der Waals surface area contributed by atoms with E-state index in [-0.39, 0.29) is 30.1 Å². The van der Waals surface area contributed by atoms with Crippen molar-refractivity contribution in [3.63, 3.8) is 0 Å². The van der Waals surface area contributed by atoms with Gasteiger partial charge in [-0.1, -0.05) is 0 Å². The second-order valence-electron chi connectivity index (χ2n) is 4.20. The van der Waals surface area contributed by atoms with Gasteiger partial charge >= 0.3 is 25.4 Å². The molecule has 0 aliphatic rings. The first-order valence-electron chi connectivity index (χ1n) is 4.52. The normalized spacial score (nSPS) is 14.3. The third-order valence-electron chi connectivity index (χ3n) is 1.57. The van der Waals surface area contributed by atoms with Crippen LogP contribution in [0.3, 0.4) is 0 Å². The molecule has 0 saturated carbocycles. The molecule has 84 valence electrons. The van der Waals surface area contributed by atoms with Gasteiger partial charge in [0.05, 0.1) is 27.7 Å². The molecular weight excluding hydrogens is 232 g/mol. The van der Waals surface area contributed by atoms with Gasteiger partial charge in [0, 0.05) is 0 Å². The second-order valence-corrected chi connectivity index (χ2v) is 5.49. The van der Waals surface area contributed by atoms with Crippen molar-refractivity contribution in [3.8, 4) is 0 Å². The van der Waals surface area contributed by atoms with E-state index in [9.17, 15) is 4.57 Å². The van der Waals surface area contributed by atoms with Crippen molar-refractivity contribution in [2.45, 2.75) is 6.10 Å². The number of likely N-dealkylation sites (N-methyl/N-ethyl adjacent to an activating group) is 1. The number of nitrogens with zero attached hydrogens (tertiary/aromatic N) is 1. The first kappa shape index (κ1) is 17.9. The van der Waals surface area contributed by atoms with Crippen molar-refractivity contribution in [2.75, 3.05) is 47.1 Å². The van der Waals surface area contributed by atoms with Gasteiger partial charge in [-0.25, -0.2) is 0 Å². The molecule has 0 amide bonds. The summed E-state index contributed by atoms with van der Waals surface area (Å²) in [7, 11) is 4.19. The van der Waals surface area contributed by atoms with Gasteiger partial charge in [-0.05, 0) is 4.57 Å². The summed E-state index contributed by atoms with van der Waals surface area (Å²) >= 11 is 0. The Bertz CT molecular complexity index is 186. The van der Waals surface area contributed by atoms with E-state index in [2.05, 4.69) is 0 Å². The smallest absolute Gasteiger partial charge is 0.394 e. The maximum absolute atomic E-state index is 11.1. The summed E-state index contributed by atoms with van der Waals surface area (Å²) in [5.74, 6) is 0. The fourth-order valence-electron chi connectivity index (χ4n) is 0.699. The standard InChI is InChI=1S/C8H20NO4P.Al/c1-9(2,3)4-5-13-14(12)7-8(11)6-10;/h8,10-11H,4-7H2,1-3H3;/q+2;+3. The van der Waals surface area contributed by atoms with Gasteiger partial charge in [0.2, 0.25) is 6.16 Å². The zero-order valence-corrected chi connectivity index (χ0v) is 11.6. The molecule has 0 rings (SSSR count). The second kappa shape index (κ2) is 8.60. The van der Waals surface area contributed by atoms with Crippen molar-refractivity contribution >= 4 is 25.4 Å². The molecule has 0 aromatic carbocycles. The van der Waals surface area contributed by atoms with Crippen LogP contribution in [0.15, 0.2) is 0 Å². The van der Waals surface area contributed by atoms with Crippen LogP contribution in [-0.4, -0.2) is 85.2 Å². The summed E-state index contributed by atoms with van der Waals surface area (Å²) in [5.41, 5.74) is 0. The molecular formula is C8H20AlNO4P+5. The van der Waals surface area contributed by atoms with Gasteiger partial charge in [0.15, 0.2) is 6.61 Å². The van der Waals surface area contributed by atoms with E-state index in [1.54, 1.807) is 0 Å². The molecule has 0 heterocycles. The van der Waals surface area contributed by atoms with Crippen LogP contribution in [0.25, 0.3) is 0 Å². The van der Waals surface area contributed by atoms with E-state index in [4.69, 9.17) is 14.7 Å². The summed E-state index contributed by atoms with van der Waals surface area (Å²) in [5, 5.41) is 17.5. The predicted molar refractivity (Wildman–Crippen MR) is 60.2 cm³/mol. The SMILES string of the molecule is C[N+](C)(C)CCO[P+](=O)CC(O)CO.[Al+3]. The van der Waals surface area contributed by atoms with Crippen molar-refractivity contribution in [3.05, 3.63) is 0 Å². The number of rotatable bonds is 7. The third-order valence-corrected chi connectivity index (χ3v) is 2.76. The van der Waals surface area contributed by atoms with Crippen LogP contribution in [0.5, 0.6) is 0 Å². The van der Waals surface area contributed by atoms with E-state index in [0.717, 1.165) is 11.0 Å². The van der Waals surface area contributed by atoms with Crippen molar-refractivity contribution in [2.24, 2.45) is 0 Å². The van der Waals surface area contributed by atoms with E-state index in [0.29, 0.717) is 6.61 Å². The Morgan fingerprint density at radius 1 is 1.40 bits per heavy atom. The maximum atomic E-state index is 11.1. The summed E-state index contributed by atoms with van der Waals surface area (Å²) in [6.45, 7) is 0.785. The Labute approximate surface area is 103 Å². The van der Waals surface area contributed by atoms with Crippen LogP contribution in [-0.2, 0) is 9.09 Å². The molecule has 2 N–H and O–H groups in total. The molecule has 0 saturated heterocycles. The number of hydrogen-bond donors (Lipinski definition) is 2. The van der Waals surface area contributed by atoms with Crippen LogP contribution in [0, 0.1) is 0 Å². The topological polar surface area (TPSA) is 66.8 Å². The van der Waals surface area contributed by atoms with Crippen molar-refractivity contribution < 1.29 is 23.8 Å². The van der Waals surface area contributed by atoms with Crippen LogP contribution >= 0.6 is 8.03 Å². The Balaban J connectivity index is 0. The zero-order valence-electron chi connectivity index (χ0n) is 9.59. The Hall–Kier alpha value is 0.472. The van der Waals surface area contributed by atoms with Crippen molar-refractivity contribution in [1.82, 2.24) is 0 Å². The average Bonchev–Trinajstić information content (AvgIpc) is 2.01. The van der Waals surface area contributed by atoms with Gasteiger partial charge in [-0.15, -0.1) is 4.52 Å². The summed E-state index contributed by atoms with van der Waals surface area (Å²) in [6, 6.07) is 0. The molecule has 0 aliphatic heterocycles. The first-order chi connectivity index (χ1) is 6.35. The minimum atomic E-state index is -1.85. The Morgan fingerprint density at radius 2 is 1.93 bits per heavy atom. The zero-order chi connectivity index (χ0) is 11.2. The largest absolute Gasteiger partial charge is 3.00 e. The Kier molecular flexibility index (Phi) is 10.2. The predicted octanol–water partition coefficient (Wildman–Crippen LogP) is -0.576. The molecule has 2 unspecified atom stereocenters. The van der Waals surface area contributed by atoms with Gasteiger partial charge in [0.25, 0.3) is 0 Å². The third kappa shape index (κ3) is 12.4. The summed E-state index contributed by atoms with van der Waals surface area (Å²) in [6.07, 6.45) is -0.939. The molecule has 0 fully saturated rings. The molecule has 0 spiro atoms. The molecule has 0 aliphatic carbocycles. The Morgan fingerprint density at radius 3 is 2.33 bits per heavy atom. The van der Waals surface area contributed by atoms with Crippen LogP contribution in [0.2, 0.25) is 0 Å². The first-order valence-corrected chi connectivity index (χ1v) is 5.88. The monoisotopic (exact) mass is 252 g/mol. The number of quaternary nitrogens is 1. The van der Waals surface area contributed by atoms with E-state index < -0.39 is 14.1 Å². The van der Waals surface area contributed by atoms with Crippen LogP contribution < -0.4 is 0 Å². The number of aliphatic hydroxyl groups excluding tert-OH is 2. The molecule has 7 heteroatoms. The summed E-state index contributed by atoms with van der Waals surface area (Å²) < 4.78 is 16.9. The quantitative estimate of drug-likeness (QED) is 0.361. The molecule has 0 bridgehead atoms. The van der Waals surface area contributed by atoms with Gasteiger partial charge < -0.3 is 14.7 Å². The summed E-state index contributed by atoms with van der Waals surface area (Å²) in [4.78, 5) is 0. The minimum absolute atomic E-state index is 0. The molecule has 15 heavy (non-hydrogen) atoms. The minimum Gasteiger partial charge on any atom is -0.394 e. The molecule has 5 nitrogen and oxygen atoms in total. The van der Waals surface area contributed by atoms with E-state index >= 15 is 0 Å². The fourth-order valence-corrected chi connectivity index (χ4v) is 1.55. The molecule has 2 atom stereocenters. The van der Waals surface area contributed by atoms with Gasteiger partial charge in [-0.3, -0.25) is 0 Å². The maximum Gasteiger partial charge on any atom is 3.00 e. The average molecular weight is 252 g/mol. The van der Waals surface area contributed by atoms with Crippen molar-refractivity contribution in [1.29, 1.82) is 0 Å². The van der Waals surface area contributed by atoms with Crippen LogP contribution in [0.4, 0.5) is 0 Å².